The van der Waals surface area contributed by atoms with Gasteiger partial charge in [-0.05, 0) is 62.0 Å². The number of hydrogen-bond donors (Lipinski definition) is 11. The first kappa shape index (κ1) is 53.7. The molecule has 0 spiro atoms. The van der Waals surface area contributed by atoms with Crippen molar-refractivity contribution in [2.24, 2.45) is 17.6 Å². The summed E-state index contributed by atoms with van der Waals surface area (Å²) in [5.74, 6) is -9.39. The number of rotatable bonds is 29. The van der Waals surface area contributed by atoms with E-state index in [4.69, 9.17) is 15.9 Å². The summed E-state index contributed by atoms with van der Waals surface area (Å²) in [7, 11) is 0. The van der Waals surface area contributed by atoms with E-state index in [2.05, 4.69) is 31.9 Å². The molecule has 9 atom stereocenters. The lowest BCUT2D eigenvalue weighted by Crippen LogP contribution is -2.62. The van der Waals surface area contributed by atoms with Crippen LogP contribution in [0.2, 0.25) is 0 Å². The van der Waals surface area contributed by atoms with Crippen molar-refractivity contribution in [3.05, 3.63) is 35.9 Å². The Balaban J connectivity index is 3.39. The molecule has 0 heterocycles. The second kappa shape index (κ2) is 27.5. The van der Waals surface area contributed by atoms with E-state index in [1.54, 1.807) is 64.3 Å². The van der Waals surface area contributed by atoms with Crippen LogP contribution in [-0.2, 0) is 49.6 Å². The number of benzene rings is 1. The molecular formula is C40H63N7O13S. The maximum absolute atomic E-state index is 14.0. The minimum absolute atomic E-state index is 0.0459. The fraction of sp³-hybridized carbons (Fsp3) is 0.625. The zero-order valence-corrected chi connectivity index (χ0v) is 36.3. The predicted molar refractivity (Wildman–Crippen MR) is 225 cm³/mol. The molecule has 0 fully saturated rings. The van der Waals surface area contributed by atoms with Gasteiger partial charge in [-0.15, -0.1) is 0 Å². The van der Waals surface area contributed by atoms with E-state index in [1.807, 2.05) is 0 Å². The van der Waals surface area contributed by atoms with E-state index in [0.29, 0.717) is 17.7 Å². The van der Waals surface area contributed by atoms with Crippen molar-refractivity contribution in [1.82, 2.24) is 31.9 Å². The minimum atomic E-state index is -1.68. The van der Waals surface area contributed by atoms with Crippen molar-refractivity contribution in [3.8, 4) is 0 Å². The molecule has 1 aromatic carbocycles. The number of nitrogens with two attached hydrogens (primary N) is 1. The quantitative estimate of drug-likeness (QED) is 0.0484. The predicted octanol–water partition coefficient (Wildman–Crippen LogP) is -0.494. The van der Waals surface area contributed by atoms with E-state index in [1.165, 1.54) is 18.7 Å². The van der Waals surface area contributed by atoms with Gasteiger partial charge in [0.15, 0.2) is 0 Å². The molecule has 20 nitrogen and oxygen atoms in total. The van der Waals surface area contributed by atoms with Gasteiger partial charge in [-0.1, -0.05) is 64.4 Å². The van der Waals surface area contributed by atoms with E-state index in [0.717, 1.165) is 0 Å². The Morgan fingerprint density at radius 1 is 0.623 bits per heavy atom. The molecule has 0 saturated carbocycles. The molecule has 6 amide bonds. The van der Waals surface area contributed by atoms with Gasteiger partial charge in [0.05, 0.1) is 12.1 Å². The number of thioether (sulfide) groups is 1. The molecule has 0 radical (unpaired) electrons. The van der Waals surface area contributed by atoms with E-state index >= 15 is 0 Å². The Kier molecular flexibility index (Phi) is 24.3. The van der Waals surface area contributed by atoms with Gasteiger partial charge in [0.2, 0.25) is 35.4 Å². The fourth-order valence-corrected chi connectivity index (χ4v) is 6.36. The molecule has 61 heavy (non-hydrogen) atoms. The summed E-state index contributed by atoms with van der Waals surface area (Å²) in [6, 6.07) is -1.10. The van der Waals surface area contributed by atoms with Crippen LogP contribution in [0.4, 0.5) is 0 Å². The lowest BCUT2D eigenvalue weighted by atomic mass is 9.96. The van der Waals surface area contributed by atoms with Crippen LogP contribution in [0.1, 0.15) is 85.1 Å². The molecular weight excluding hydrogens is 819 g/mol. The van der Waals surface area contributed by atoms with Crippen LogP contribution >= 0.6 is 11.8 Å². The van der Waals surface area contributed by atoms with Gasteiger partial charge in [0, 0.05) is 19.3 Å². The normalized spacial score (nSPS) is 15.6. The molecule has 12 N–H and O–H groups in total. The fourth-order valence-electron chi connectivity index (χ4n) is 5.89. The first-order valence-electron chi connectivity index (χ1n) is 20.1. The minimum Gasteiger partial charge on any atom is -0.481 e. The van der Waals surface area contributed by atoms with Crippen molar-refractivity contribution < 1.29 is 63.6 Å². The van der Waals surface area contributed by atoms with Crippen LogP contribution in [0.3, 0.4) is 0 Å². The number of carbonyl (C=O) groups is 9. The maximum Gasteiger partial charge on any atom is 0.326 e. The van der Waals surface area contributed by atoms with E-state index < -0.39 is 121 Å². The molecule has 0 aliphatic heterocycles. The number of nitrogens with one attached hydrogen (secondary N) is 6. The maximum atomic E-state index is 14.0. The molecule has 21 heteroatoms. The summed E-state index contributed by atoms with van der Waals surface area (Å²) in [6.07, 6.45) is -0.863. The lowest BCUT2D eigenvalue weighted by molar-refractivity contribution is -0.143. The van der Waals surface area contributed by atoms with Gasteiger partial charge in [-0.25, -0.2) is 4.79 Å². The van der Waals surface area contributed by atoms with Crippen LogP contribution in [0.25, 0.3) is 0 Å². The number of hydrogen-bond acceptors (Lipinski definition) is 12. The van der Waals surface area contributed by atoms with E-state index in [-0.39, 0.29) is 38.0 Å². The zero-order valence-electron chi connectivity index (χ0n) is 35.5. The molecule has 0 saturated heterocycles. The van der Waals surface area contributed by atoms with Gasteiger partial charge in [-0.3, -0.25) is 38.4 Å². The summed E-state index contributed by atoms with van der Waals surface area (Å²) >= 11 is 1.38. The van der Waals surface area contributed by atoms with Crippen LogP contribution in [0, 0.1) is 11.8 Å². The SMILES string of the molecule is CC[C@H](C)[C@H](NC(=O)[C@@H](NC(=O)[C@H](Cc1ccccc1)NC(=O)[C@H](CCSC)NC(=O)[C@@H](N)CCC(=O)O)[C@@H](C)O)C(=O)N[C@@H](CC(C)C)C(=O)N[C@@H](CCC(=O)O)C(=O)O. The summed E-state index contributed by atoms with van der Waals surface area (Å²) in [4.78, 5) is 115. The Bertz CT molecular complexity index is 1650. The second-order valence-corrected chi connectivity index (χ2v) is 16.2. The highest BCUT2D eigenvalue weighted by molar-refractivity contribution is 7.98. The summed E-state index contributed by atoms with van der Waals surface area (Å²) in [6.45, 7) is 8.11. The van der Waals surface area contributed by atoms with Crippen molar-refractivity contribution in [2.75, 3.05) is 12.0 Å². The van der Waals surface area contributed by atoms with Gasteiger partial charge >= 0.3 is 17.9 Å². The Hall–Kier alpha value is -5.28. The molecule has 0 aromatic heterocycles. The molecule has 1 aromatic rings. The third-order valence-corrected chi connectivity index (χ3v) is 10.3. The number of aliphatic hydroxyl groups excluding tert-OH is 1. The highest BCUT2D eigenvalue weighted by Crippen LogP contribution is 2.13. The van der Waals surface area contributed by atoms with Crippen LogP contribution < -0.4 is 37.6 Å². The monoisotopic (exact) mass is 881 g/mol. The van der Waals surface area contributed by atoms with Gasteiger partial charge < -0.3 is 58.1 Å². The third-order valence-electron chi connectivity index (χ3n) is 9.62. The Morgan fingerprint density at radius 2 is 1.11 bits per heavy atom. The Labute approximate surface area is 359 Å². The summed E-state index contributed by atoms with van der Waals surface area (Å²) in [5, 5.41) is 53.4. The molecule has 0 bridgehead atoms. The van der Waals surface area contributed by atoms with Gasteiger partial charge in [0.1, 0.15) is 36.3 Å². The van der Waals surface area contributed by atoms with E-state index in [9.17, 15) is 53.4 Å². The number of carboxylic acid groups (broad SMARTS) is 3. The first-order valence-corrected chi connectivity index (χ1v) is 21.5. The van der Waals surface area contributed by atoms with Crippen LogP contribution in [0.15, 0.2) is 30.3 Å². The van der Waals surface area contributed by atoms with Crippen molar-refractivity contribution in [2.45, 2.75) is 134 Å². The smallest absolute Gasteiger partial charge is 0.326 e. The summed E-state index contributed by atoms with van der Waals surface area (Å²) < 4.78 is 0. The molecule has 0 aliphatic carbocycles. The third kappa shape index (κ3) is 20.2. The number of aliphatic carboxylic acids is 3. The second-order valence-electron chi connectivity index (χ2n) is 15.3. The zero-order chi connectivity index (χ0) is 46.4. The number of amides is 6. The van der Waals surface area contributed by atoms with Crippen LogP contribution in [-0.4, -0.2) is 134 Å². The van der Waals surface area contributed by atoms with Crippen LogP contribution in [0.5, 0.6) is 0 Å². The van der Waals surface area contributed by atoms with Crippen molar-refractivity contribution in [1.29, 1.82) is 0 Å². The average Bonchev–Trinajstić information content (AvgIpc) is 3.19. The van der Waals surface area contributed by atoms with Gasteiger partial charge in [0.25, 0.3) is 0 Å². The lowest BCUT2D eigenvalue weighted by Gasteiger charge is -2.30. The standard InChI is InChI=1S/C40H63N7O13S/c1-7-22(4)32(38(57)45-28(19-21(2)3)36(55)43-27(40(59)60)14-16-31(51)52)46-39(58)33(23(5)48)47-37(56)29(20-24-11-9-8-10-12-24)44-35(54)26(17-18-61-6)42-34(53)25(41)13-15-30(49)50/h8-12,21-23,25-29,32-33,48H,7,13-20,41H2,1-6H3,(H,42,53)(H,43,55)(H,44,54)(H,45,57)(H,46,58)(H,47,56)(H,49,50)(H,51,52)(H,59,60)/t22-,23+,25-,26-,27-,28-,29-,32-,33-/m0/s1. The highest BCUT2D eigenvalue weighted by Gasteiger charge is 2.37. The van der Waals surface area contributed by atoms with Crippen molar-refractivity contribution in [3.63, 3.8) is 0 Å². The topological polar surface area (TPSA) is 333 Å². The number of carboxylic acids is 3. The van der Waals surface area contributed by atoms with Gasteiger partial charge in [-0.2, -0.15) is 11.8 Å². The average molecular weight is 882 g/mol. The molecule has 1 rings (SSSR count). The molecule has 342 valence electrons. The number of carbonyl (C=O) groups excluding carboxylic acids is 6. The highest BCUT2D eigenvalue weighted by atomic mass is 32.2. The summed E-state index contributed by atoms with van der Waals surface area (Å²) in [5.41, 5.74) is 6.47. The number of aliphatic hydroxyl groups is 1. The Morgan fingerprint density at radius 3 is 1.64 bits per heavy atom. The largest absolute Gasteiger partial charge is 0.481 e. The molecule has 0 aliphatic rings. The first-order chi connectivity index (χ1) is 28.6. The molecule has 0 unspecified atom stereocenters. The van der Waals surface area contributed by atoms with Crippen molar-refractivity contribution >= 4 is 65.1 Å².